The van der Waals surface area contributed by atoms with Gasteiger partial charge in [0.05, 0.1) is 17.1 Å². The number of H-pyrrole nitrogens is 1. The van der Waals surface area contributed by atoms with Gasteiger partial charge in [0, 0.05) is 12.5 Å². The molecule has 0 bridgehead atoms. The number of nitrogens with one attached hydrogen (secondary N) is 2. The molecule has 1 atom stereocenters. The number of aromatic amines is 1. The Bertz CT molecular complexity index is 528. The van der Waals surface area contributed by atoms with Crippen molar-refractivity contribution >= 4 is 17.5 Å². The van der Waals surface area contributed by atoms with Crippen molar-refractivity contribution in [3.8, 4) is 0 Å². The zero-order chi connectivity index (χ0) is 14.3. The Hall–Kier alpha value is -1.85. The first-order valence-electron chi connectivity index (χ1n) is 7.21. The van der Waals surface area contributed by atoms with Crippen LogP contribution in [-0.2, 0) is 9.59 Å². The second-order valence-electron chi connectivity index (χ2n) is 5.76. The van der Waals surface area contributed by atoms with Crippen molar-refractivity contribution in [2.75, 3.05) is 11.9 Å². The molecule has 1 saturated carbocycles. The molecule has 2 aliphatic rings. The van der Waals surface area contributed by atoms with Crippen molar-refractivity contribution in [1.82, 2.24) is 15.1 Å². The molecule has 2 heterocycles. The number of anilines is 1. The third-order valence-electron chi connectivity index (χ3n) is 4.14. The molecule has 1 aliphatic carbocycles. The van der Waals surface area contributed by atoms with Crippen molar-refractivity contribution in [1.29, 1.82) is 0 Å². The number of rotatable bonds is 3. The Morgan fingerprint density at radius 1 is 1.30 bits per heavy atom. The maximum absolute atomic E-state index is 12.4. The molecular weight excluding hydrogens is 256 g/mol. The van der Waals surface area contributed by atoms with Gasteiger partial charge < -0.3 is 10.2 Å². The Morgan fingerprint density at radius 2 is 2.05 bits per heavy atom. The predicted octanol–water partition coefficient (Wildman–Crippen LogP) is 1.37. The summed E-state index contributed by atoms with van der Waals surface area (Å²) in [5, 5.41) is 9.84. The SMILES string of the molecule is Cc1n[nH]c(C)c1NC(=O)C1CCCN1C(=O)C1CC1. The second-order valence-corrected chi connectivity index (χ2v) is 5.76. The number of carbonyl (C=O) groups is 2. The van der Waals surface area contributed by atoms with Crippen LogP contribution in [0.5, 0.6) is 0 Å². The second kappa shape index (κ2) is 4.92. The molecule has 1 saturated heterocycles. The first kappa shape index (κ1) is 13.1. The lowest BCUT2D eigenvalue weighted by atomic mass is 10.2. The molecule has 0 spiro atoms. The Labute approximate surface area is 117 Å². The van der Waals surface area contributed by atoms with Crippen LogP contribution in [0.4, 0.5) is 5.69 Å². The van der Waals surface area contributed by atoms with Crippen LogP contribution < -0.4 is 5.32 Å². The maximum Gasteiger partial charge on any atom is 0.247 e. The smallest absolute Gasteiger partial charge is 0.247 e. The van der Waals surface area contributed by atoms with Gasteiger partial charge in [-0.05, 0) is 39.5 Å². The van der Waals surface area contributed by atoms with Gasteiger partial charge in [0.25, 0.3) is 0 Å². The quantitative estimate of drug-likeness (QED) is 0.875. The summed E-state index contributed by atoms with van der Waals surface area (Å²) in [4.78, 5) is 26.4. The molecule has 0 aromatic carbocycles. The van der Waals surface area contributed by atoms with Gasteiger partial charge in [-0.15, -0.1) is 0 Å². The molecule has 6 heteroatoms. The van der Waals surface area contributed by atoms with Gasteiger partial charge in [0.1, 0.15) is 6.04 Å². The number of hydrogen-bond donors (Lipinski definition) is 2. The van der Waals surface area contributed by atoms with E-state index >= 15 is 0 Å². The molecule has 2 N–H and O–H groups in total. The van der Waals surface area contributed by atoms with Gasteiger partial charge in [-0.2, -0.15) is 5.10 Å². The highest BCUT2D eigenvalue weighted by molar-refractivity contribution is 5.98. The first-order chi connectivity index (χ1) is 9.58. The van der Waals surface area contributed by atoms with Crippen LogP contribution in [0.25, 0.3) is 0 Å². The summed E-state index contributed by atoms with van der Waals surface area (Å²) in [5.41, 5.74) is 2.35. The molecule has 108 valence electrons. The Morgan fingerprint density at radius 3 is 2.65 bits per heavy atom. The Kier molecular flexibility index (Phi) is 3.23. The number of hydrogen-bond acceptors (Lipinski definition) is 3. The van der Waals surface area contributed by atoms with E-state index in [4.69, 9.17) is 0 Å². The number of amides is 2. The predicted molar refractivity (Wildman–Crippen MR) is 74.2 cm³/mol. The molecule has 1 aromatic heterocycles. The van der Waals surface area contributed by atoms with Gasteiger partial charge in [0.2, 0.25) is 11.8 Å². The highest BCUT2D eigenvalue weighted by Crippen LogP contribution is 2.34. The average molecular weight is 276 g/mol. The van der Waals surface area contributed by atoms with Crippen LogP contribution in [0.1, 0.15) is 37.1 Å². The molecule has 0 radical (unpaired) electrons. The minimum absolute atomic E-state index is 0.0934. The summed E-state index contributed by atoms with van der Waals surface area (Å²) in [7, 11) is 0. The summed E-state index contributed by atoms with van der Waals surface area (Å²) in [6.07, 6.45) is 3.60. The molecule has 1 aliphatic heterocycles. The number of carbonyl (C=O) groups excluding carboxylic acids is 2. The van der Waals surface area contributed by atoms with Crippen LogP contribution >= 0.6 is 0 Å². The standard InChI is InChI=1S/C14H20N4O2/c1-8-12(9(2)17-16-8)15-13(19)11-4-3-7-18(11)14(20)10-5-6-10/h10-11H,3-7H2,1-2H3,(H,15,19)(H,16,17). The van der Waals surface area contributed by atoms with Crippen LogP contribution in [0.2, 0.25) is 0 Å². The fourth-order valence-electron chi connectivity index (χ4n) is 2.81. The lowest BCUT2D eigenvalue weighted by Gasteiger charge is -2.24. The average Bonchev–Trinajstić information content (AvgIpc) is 3.09. The van der Waals surface area contributed by atoms with Crippen molar-refractivity contribution in [3.05, 3.63) is 11.4 Å². The van der Waals surface area contributed by atoms with E-state index in [1.807, 2.05) is 13.8 Å². The highest BCUT2D eigenvalue weighted by atomic mass is 16.2. The molecular formula is C14H20N4O2. The van der Waals surface area contributed by atoms with Gasteiger partial charge in [0.15, 0.2) is 0 Å². The normalized spacial score (nSPS) is 22.1. The van der Waals surface area contributed by atoms with Crippen molar-refractivity contribution in [2.45, 2.75) is 45.6 Å². The van der Waals surface area contributed by atoms with Crippen molar-refractivity contribution in [3.63, 3.8) is 0 Å². The fourth-order valence-corrected chi connectivity index (χ4v) is 2.81. The molecule has 1 unspecified atom stereocenters. The largest absolute Gasteiger partial charge is 0.330 e. The maximum atomic E-state index is 12.4. The van der Waals surface area contributed by atoms with Crippen molar-refractivity contribution < 1.29 is 9.59 Å². The van der Waals surface area contributed by atoms with Crippen molar-refractivity contribution in [2.24, 2.45) is 5.92 Å². The number of aryl methyl sites for hydroxylation is 2. The fraction of sp³-hybridized carbons (Fsp3) is 0.643. The van der Waals surface area contributed by atoms with E-state index in [9.17, 15) is 9.59 Å². The summed E-state index contributed by atoms with van der Waals surface area (Å²) in [6, 6.07) is -0.322. The van der Waals surface area contributed by atoms with E-state index < -0.39 is 0 Å². The van der Waals surface area contributed by atoms with E-state index in [-0.39, 0.29) is 23.8 Å². The topological polar surface area (TPSA) is 78.1 Å². The minimum Gasteiger partial charge on any atom is -0.330 e. The van der Waals surface area contributed by atoms with E-state index in [1.54, 1.807) is 4.90 Å². The number of likely N-dealkylation sites (tertiary alicyclic amines) is 1. The molecule has 20 heavy (non-hydrogen) atoms. The third kappa shape index (κ3) is 2.30. The minimum atomic E-state index is -0.322. The summed E-state index contributed by atoms with van der Waals surface area (Å²) in [6.45, 7) is 4.43. The lowest BCUT2D eigenvalue weighted by molar-refractivity contribution is -0.137. The Balaban J connectivity index is 1.71. The van der Waals surface area contributed by atoms with E-state index in [0.717, 1.165) is 42.8 Å². The third-order valence-corrected chi connectivity index (χ3v) is 4.14. The van der Waals surface area contributed by atoms with Crippen LogP contribution in [0.15, 0.2) is 0 Å². The van der Waals surface area contributed by atoms with Crippen LogP contribution in [-0.4, -0.2) is 39.5 Å². The zero-order valence-corrected chi connectivity index (χ0v) is 11.9. The monoisotopic (exact) mass is 276 g/mol. The first-order valence-corrected chi connectivity index (χ1v) is 7.21. The highest BCUT2D eigenvalue weighted by Gasteiger charge is 2.41. The molecule has 1 aromatic rings. The van der Waals surface area contributed by atoms with Crippen LogP contribution in [0.3, 0.4) is 0 Å². The summed E-state index contributed by atoms with van der Waals surface area (Å²) >= 11 is 0. The molecule has 3 rings (SSSR count). The lowest BCUT2D eigenvalue weighted by Crippen LogP contribution is -2.43. The van der Waals surface area contributed by atoms with E-state index in [2.05, 4.69) is 15.5 Å². The molecule has 2 fully saturated rings. The molecule has 6 nitrogen and oxygen atoms in total. The van der Waals surface area contributed by atoms with Gasteiger partial charge in [-0.1, -0.05) is 0 Å². The van der Waals surface area contributed by atoms with Gasteiger partial charge in [-0.3, -0.25) is 14.7 Å². The molecule has 2 amide bonds. The van der Waals surface area contributed by atoms with Crippen LogP contribution in [0, 0.1) is 19.8 Å². The number of aromatic nitrogens is 2. The number of nitrogens with zero attached hydrogens (tertiary/aromatic N) is 2. The van der Waals surface area contributed by atoms with Gasteiger partial charge >= 0.3 is 0 Å². The summed E-state index contributed by atoms with van der Waals surface area (Å²) < 4.78 is 0. The summed E-state index contributed by atoms with van der Waals surface area (Å²) in [5.74, 6) is 0.230. The zero-order valence-electron chi connectivity index (χ0n) is 11.9. The van der Waals surface area contributed by atoms with E-state index in [1.165, 1.54) is 0 Å². The van der Waals surface area contributed by atoms with Gasteiger partial charge in [-0.25, -0.2) is 0 Å². The van der Waals surface area contributed by atoms with E-state index in [0.29, 0.717) is 6.54 Å².